The van der Waals surface area contributed by atoms with Gasteiger partial charge in [-0.2, -0.15) is 5.10 Å². The second-order valence-corrected chi connectivity index (χ2v) is 12.6. The molecule has 2 aromatic carbocycles. The third-order valence-electron chi connectivity index (χ3n) is 7.57. The van der Waals surface area contributed by atoms with Crippen LogP contribution in [-0.2, 0) is 22.4 Å². The number of nitrogens with zero attached hydrogens (tertiary/aromatic N) is 4. The molecule has 6 rings (SSSR count). The Kier molecular flexibility index (Phi) is 7.72. The van der Waals surface area contributed by atoms with E-state index in [2.05, 4.69) is 6.07 Å². The first-order chi connectivity index (χ1) is 20.1. The number of hydrogen-bond donors (Lipinski definition) is 0. The molecule has 1 saturated heterocycles. The summed E-state index contributed by atoms with van der Waals surface area (Å²) in [6, 6.07) is 13.0. The Morgan fingerprint density at radius 3 is 2.60 bits per heavy atom. The maximum absolute atomic E-state index is 13.8. The van der Waals surface area contributed by atoms with E-state index in [1.54, 1.807) is 27.8 Å². The van der Waals surface area contributed by atoms with E-state index >= 15 is 0 Å². The summed E-state index contributed by atoms with van der Waals surface area (Å²) < 4.78 is 13.3. The summed E-state index contributed by atoms with van der Waals surface area (Å²) in [5, 5.41) is 6.10. The zero-order chi connectivity index (χ0) is 29.6. The number of amides is 1. The lowest BCUT2D eigenvalue weighted by Crippen LogP contribution is -2.39. The molecule has 218 valence electrons. The standard InChI is InChI=1S/C32H32Cl2N4O4/c1-32(2,3)42-31(40)37-12-11-20-14-19(7-8-21(20)18-37)22-15-25-28(29(39)24-10-9-23(33)16-26(24)34)36-38(30(25)35-17-22)27-6-4-5-13-41-27/h7-10,14-17,27H,4-6,11-13,18H2,1-3H3. The third kappa shape index (κ3) is 5.76. The molecule has 42 heavy (non-hydrogen) atoms. The average molecular weight is 608 g/mol. The molecule has 0 radical (unpaired) electrons. The molecule has 1 fully saturated rings. The SMILES string of the molecule is CC(C)(C)OC(=O)N1CCc2cc(-c3cnc4c(c3)c(C(=O)c3ccc(Cl)cc3Cl)nn4C3CCCCO3)ccc2C1. The highest BCUT2D eigenvalue weighted by molar-refractivity contribution is 6.37. The van der Waals surface area contributed by atoms with Crippen molar-refractivity contribution in [2.75, 3.05) is 13.2 Å². The molecule has 0 aliphatic carbocycles. The van der Waals surface area contributed by atoms with Crippen molar-refractivity contribution in [3.05, 3.63) is 81.1 Å². The van der Waals surface area contributed by atoms with Crippen LogP contribution in [0.4, 0.5) is 4.79 Å². The largest absolute Gasteiger partial charge is 0.444 e. The van der Waals surface area contributed by atoms with E-state index in [0.29, 0.717) is 47.7 Å². The number of halogens is 2. The molecule has 4 aromatic rings. The van der Waals surface area contributed by atoms with Crippen LogP contribution in [0, 0.1) is 0 Å². The van der Waals surface area contributed by atoms with Crippen molar-refractivity contribution in [3.63, 3.8) is 0 Å². The average Bonchev–Trinajstić information content (AvgIpc) is 3.35. The normalized spacial score (nSPS) is 17.3. The van der Waals surface area contributed by atoms with Crippen LogP contribution in [0.2, 0.25) is 10.0 Å². The molecule has 0 spiro atoms. The van der Waals surface area contributed by atoms with Crippen LogP contribution in [0.1, 0.15) is 73.4 Å². The highest BCUT2D eigenvalue weighted by atomic mass is 35.5. The van der Waals surface area contributed by atoms with Gasteiger partial charge in [0.25, 0.3) is 0 Å². The minimum Gasteiger partial charge on any atom is -0.444 e. The second kappa shape index (κ2) is 11.3. The first-order valence-corrected chi connectivity index (χ1v) is 14.9. The lowest BCUT2D eigenvalue weighted by Gasteiger charge is -2.31. The summed E-state index contributed by atoms with van der Waals surface area (Å²) in [7, 11) is 0. The number of ether oxygens (including phenoxy) is 2. The Hall–Kier alpha value is -3.46. The predicted molar refractivity (Wildman–Crippen MR) is 162 cm³/mol. The van der Waals surface area contributed by atoms with Crippen LogP contribution in [0.5, 0.6) is 0 Å². The monoisotopic (exact) mass is 606 g/mol. The van der Waals surface area contributed by atoms with Crippen LogP contribution >= 0.6 is 23.2 Å². The van der Waals surface area contributed by atoms with E-state index in [1.807, 2.05) is 45.2 Å². The third-order valence-corrected chi connectivity index (χ3v) is 8.12. The Bertz CT molecular complexity index is 1690. The summed E-state index contributed by atoms with van der Waals surface area (Å²) in [5.41, 5.74) is 4.73. The van der Waals surface area contributed by atoms with Gasteiger partial charge in [-0.25, -0.2) is 14.5 Å². The van der Waals surface area contributed by atoms with E-state index in [-0.39, 0.29) is 28.8 Å². The van der Waals surface area contributed by atoms with Crippen molar-refractivity contribution in [3.8, 4) is 11.1 Å². The van der Waals surface area contributed by atoms with Gasteiger partial charge in [0.15, 0.2) is 11.9 Å². The van der Waals surface area contributed by atoms with Crippen LogP contribution in [-0.4, -0.2) is 50.3 Å². The molecule has 10 heteroatoms. The molecule has 4 heterocycles. The lowest BCUT2D eigenvalue weighted by molar-refractivity contribution is -0.0371. The topological polar surface area (TPSA) is 86.5 Å². The number of ketones is 1. The van der Waals surface area contributed by atoms with Crippen LogP contribution < -0.4 is 0 Å². The van der Waals surface area contributed by atoms with Gasteiger partial charge < -0.3 is 14.4 Å². The predicted octanol–water partition coefficient (Wildman–Crippen LogP) is 7.63. The molecule has 0 saturated carbocycles. The van der Waals surface area contributed by atoms with E-state index in [9.17, 15) is 9.59 Å². The number of fused-ring (bicyclic) bond motifs is 2. The summed E-state index contributed by atoms with van der Waals surface area (Å²) in [4.78, 5) is 32.9. The van der Waals surface area contributed by atoms with E-state index in [1.165, 1.54) is 5.56 Å². The zero-order valence-corrected chi connectivity index (χ0v) is 25.3. The molecule has 8 nitrogen and oxygen atoms in total. The quantitative estimate of drug-likeness (QED) is 0.222. The number of pyridine rings is 1. The van der Waals surface area contributed by atoms with Gasteiger partial charge in [-0.1, -0.05) is 41.4 Å². The van der Waals surface area contributed by atoms with Gasteiger partial charge in [-0.3, -0.25) is 4.79 Å². The van der Waals surface area contributed by atoms with Crippen molar-refractivity contribution in [1.29, 1.82) is 0 Å². The van der Waals surface area contributed by atoms with Gasteiger partial charge >= 0.3 is 6.09 Å². The Labute approximate surface area is 254 Å². The van der Waals surface area contributed by atoms with E-state index < -0.39 is 5.60 Å². The summed E-state index contributed by atoms with van der Waals surface area (Å²) in [6.45, 7) is 7.32. The van der Waals surface area contributed by atoms with Crippen molar-refractivity contribution >= 4 is 46.1 Å². The zero-order valence-electron chi connectivity index (χ0n) is 23.8. The lowest BCUT2D eigenvalue weighted by atomic mass is 9.94. The molecule has 1 amide bonds. The number of carbonyl (C=O) groups is 2. The Morgan fingerprint density at radius 2 is 1.86 bits per heavy atom. The molecule has 0 bridgehead atoms. The van der Waals surface area contributed by atoms with E-state index in [0.717, 1.165) is 36.0 Å². The minimum atomic E-state index is -0.539. The highest BCUT2D eigenvalue weighted by Crippen LogP contribution is 2.33. The first kappa shape index (κ1) is 28.6. The molecule has 1 unspecified atom stereocenters. The Balaban J connectivity index is 1.36. The molecule has 0 N–H and O–H groups in total. The number of hydrogen-bond acceptors (Lipinski definition) is 6. The fourth-order valence-corrected chi connectivity index (χ4v) is 5.98. The minimum absolute atomic E-state index is 0.267. The van der Waals surface area contributed by atoms with Gasteiger partial charge in [0, 0.05) is 42.0 Å². The van der Waals surface area contributed by atoms with Crippen LogP contribution in [0.25, 0.3) is 22.2 Å². The highest BCUT2D eigenvalue weighted by Gasteiger charge is 2.28. The second-order valence-electron chi connectivity index (χ2n) is 11.8. The maximum Gasteiger partial charge on any atom is 0.410 e. The molecule has 1 atom stereocenters. The van der Waals surface area contributed by atoms with Gasteiger partial charge in [0.1, 0.15) is 11.3 Å². The van der Waals surface area contributed by atoms with Crippen molar-refractivity contribution in [2.24, 2.45) is 0 Å². The van der Waals surface area contributed by atoms with Crippen molar-refractivity contribution in [1.82, 2.24) is 19.7 Å². The van der Waals surface area contributed by atoms with Crippen LogP contribution in [0.3, 0.4) is 0 Å². The maximum atomic E-state index is 13.8. The van der Waals surface area contributed by atoms with E-state index in [4.69, 9.17) is 42.8 Å². The van der Waals surface area contributed by atoms with Gasteiger partial charge in [-0.15, -0.1) is 0 Å². The summed E-state index contributed by atoms with van der Waals surface area (Å²) in [6.07, 6.45) is 4.73. The Morgan fingerprint density at radius 1 is 1.02 bits per heavy atom. The molecule has 2 aliphatic heterocycles. The number of benzene rings is 2. The van der Waals surface area contributed by atoms with Gasteiger partial charge in [0.2, 0.25) is 5.78 Å². The summed E-state index contributed by atoms with van der Waals surface area (Å²) in [5.74, 6) is -0.303. The molecular formula is C32H32Cl2N4O4. The summed E-state index contributed by atoms with van der Waals surface area (Å²) >= 11 is 12.5. The number of carbonyl (C=O) groups excluding carboxylic acids is 2. The van der Waals surface area contributed by atoms with Crippen molar-refractivity contribution in [2.45, 2.75) is 64.8 Å². The number of aromatic nitrogens is 3. The first-order valence-electron chi connectivity index (χ1n) is 14.2. The van der Waals surface area contributed by atoms with Gasteiger partial charge in [-0.05, 0) is 87.4 Å². The molecule has 2 aromatic heterocycles. The molecule has 2 aliphatic rings. The fraction of sp³-hybridized carbons (Fsp3) is 0.375. The smallest absolute Gasteiger partial charge is 0.410 e. The van der Waals surface area contributed by atoms with Crippen molar-refractivity contribution < 1.29 is 19.1 Å². The van der Waals surface area contributed by atoms with Crippen LogP contribution in [0.15, 0.2) is 48.7 Å². The number of rotatable bonds is 4. The fourth-order valence-electron chi connectivity index (χ4n) is 5.48. The van der Waals surface area contributed by atoms with Gasteiger partial charge in [0.05, 0.1) is 10.4 Å². The molecular weight excluding hydrogens is 575 g/mol.